The maximum Gasteiger partial charge on any atom is 0.306 e. The molecule has 0 bridgehead atoms. The van der Waals surface area contributed by atoms with Crippen molar-refractivity contribution in [1.29, 1.82) is 0 Å². The van der Waals surface area contributed by atoms with Gasteiger partial charge in [0.05, 0.1) is 0 Å². The molecule has 0 aromatic carbocycles. The lowest BCUT2D eigenvalue weighted by atomic mass is 10.0. The molecule has 0 aliphatic rings. The molecule has 0 aliphatic heterocycles. The van der Waals surface area contributed by atoms with Crippen molar-refractivity contribution in [2.75, 3.05) is 13.2 Å². The largest absolute Gasteiger partial charge is 0.462 e. The van der Waals surface area contributed by atoms with Gasteiger partial charge in [-0.25, -0.2) is 0 Å². The van der Waals surface area contributed by atoms with Gasteiger partial charge in [-0.15, -0.1) is 0 Å². The van der Waals surface area contributed by atoms with Gasteiger partial charge in [-0.2, -0.15) is 0 Å². The standard InChI is InChI=1S/C69H116O6/c1-4-7-10-13-16-19-21-23-25-26-27-28-29-30-31-32-33-34-35-36-37-38-39-40-41-42-43-44-45-47-48-50-53-56-59-62-68(71)74-65-66(64-73-67(70)61-58-55-52-18-15-12-9-6-3)75-69(72)63-60-57-54-51-49-46-24-22-20-17-14-11-8-5-2/h7,10,14,16-17,19,22-25,27-28,30-31,33-34,36-37,66H,4-6,8-9,11-13,15,18,20-21,26,29,32,35,38-65H2,1-3H3/b10-7-,17-14-,19-16-,24-22-,25-23-,28-27-,31-30-,34-33-,37-36-. The zero-order valence-electron chi connectivity index (χ0n) is 49.0. The van der Waals surface area contributed by atoms with E-state index >= 15 is 0 Å². The van der Waals surface area contributed by atoms with Crippen LogP contribution in [0.2, 0.25) is 0 Å². The summed E-state index contributed by atoms with van der Waals surface area (Å²) in [4.78, 5) is 38.0. The SMILES string of the molecule is CC/C=C\C/C=C\C/C=C\C/C=C\C/C=C\C/C=C\C/C=C\CCCCCCCCCCCCCCCC(=O)OCC(COC(=O)CCCCCCCCCC)OC(=O)CCCCCCC/C=C\C/C=C\CCCC. The average molecular weight is 1040 g/mol. The summed E-state index contributed by atoms with van der Waals surface area (Å²) >= 11 is 0. The molecule has 428 valence electrons. The highest BCUT2D eigenvalue weighted by molar-refractivity contribution is 5.71. The number of esters is 3. The van der Waals surface area contributed by atoms with Crippen LogP contribution in [-0.4, -0.2) is 37.2 Å². The summed E-state index contributed by atoms with van der Waals surface area (Å²) in [6.45, 7) is 6.45. The van der Waals surface area contributed by atoms with Crippen molar-refractivity contribution in [2.45, 2.75) is 297 Å². The highest BCUT2D eigenvalue weighted by Gasteiger charge is 2.19. The number of unbranched alkanes of at least 4 members (excludes halogenated alkanes) is 27. The van der Waals surface area contributed by atoms with E-state index in [1.54, 1.807) is 0 Å². The second-order valence-electron chi connectivity index (χ2n) is 20.6. The smallest absolute Gasteiger partial charge is 0.306 e. The summed E-state index contributed by atoms with van der Waals surface area (Å²) in [5.74, 6) is -0.897. The van der Waals surface area contributed by atoms with Gasteiger partial charge in [0.2, 0.25) is 0 Å². The molecule has 0 rings (SSSR count). The first-order valence-electron chi connectivity index (χ1n) is 31.4. The molecule has 0 heterocycles. The van der Waals surface area contributed by atoms with Crippen molar-refractivity contribution in [3.8, 4) is 0 Å². The van der Waals surface area contributed by atoms with Gasteiger partial charge in [-0.05, 0) is 103 Å². The van der Waals surface area contributed by atoms with E-state index in [1.807, 2.05) is 0 Å². The molecule has 6 heteroatoms. The van der Waals surface area contributed by atoms with Crippen molar-refractivity contribution in [1.82, 2.24) is 0 Å². The summed E-state index contributed by atoms with van der Waals surface area (Å²) in [7, 11) is 0. The molecule has 0 aliphatic carbocycles. The maximum absolute atomic E-state index is 12.8. The lowest BCUT2D eigenvalue weighted by Gasteiger charge is -2.18. The van der Waals surface area contributed by atoms with Gasteiger partial charge in [0.1, 0.15) is 13.2 Å². The van der Waals surface area contributed by atoms with Crippen LogP contribution in [0.1, 0.15) is 290 Å². The summed E-state index contributed by atoms with van der Waals surface area (Å²) in [6.07, 6.45) is 85.5. The van der Waals surface area contributed by atoms with Gasteiger partial charge in [-0.3, -0.25) is 14.4 Å². The Morgan fingerprint density at radius 1 is 0.280 bits per heavy atom. The van der Waals surface area contributed by atoms with Gasteiger partial charge in [-0.1, -0.05) is 278 Å². The third-order valence-corrected chi connectivity index (χ3v) is 13.3. The molecule has 1 unspecified atom stereocenters. The minimum Gasteiger partial charge on any atom is -0.462 e. The Bertz CT molecular complexity index is 1520. The predicted octanol–water partition coefficient (Wildman–Crippen LogP) is 21.4. The van der Waals surface area contributed by atoms with Crippen LogP contribution in [0.25, 0.3) is 0 Å². The molecule has 0 spiro atoms. The Labute approximate surface area is 463 Å². The van der Waals surface area contributed by atoms with Crippen LogP contribution >= 0.6 is 0 Å². The fourth-order valence-electron chi connectivity index (χ4n) is 8.56. The van der Waals surface area contributed by atoms with Crippen LogP contribution in [0.15, 0.2) is 109 Å². The Morgan fingerprint density at radius 3 is 0.853 bits per heavy atom. The molecule has 0 saturated heterocycles. The number of carbonyl (C=O) groups is 3. The quantitative estimate of drug-likeness (QED) is 0.0261. The highest BCUT2D eigenvalue weighted by atomic mass is 16.6. The minimum atomic E-state index is -0.782. The van der Waals surface area contributed by atoms with Crippen molar-refractivity contribution in [3.05, 3.63) is 109 Å². The lowest BCUT2D eigenvalue weighted by molar-refractivity contribution is -0.167. The monoisotopic (exact) mass is 1040 g/mol. The van der Waals surface area contributed by atoms with Gasteiger partial charge in [0.15, 0.2) is 6.10 Å². The van der Waals surface area contributed by atoms with Gasteiger partial charge >= 0.3 is 17.9 Å². The van der Waals surface area contributed by atoms with Crippen molar-refractivity contribution in [3.63, 3.8) is 0 Å². The van der Waals surface area contributed by atoms with Crippen molar-refractivity contribution < 1.29 is 28.6 Å². The van der Waals surface area contributed by atoms with E-state index in [2.05, 4.69) is 130 Å². The first-order chi connectivity index (χ1) is 37.0. The van der Waals surface area contributed by atoms with E-state index in [-0.39, 0.29) is 31.1 Å². The topological polar surface area (TPSA) is 78.9 Å². The molecular weight excluding hydrogens is 925 g/mol. The van der Waals surface area contributed by atoms with Crippen LogP contribution in [0.5, 0.6) is 0 Å². The van der Waals surface area contributed by atoms with Crippen LogP contribution < -0.4 is 0 Å². The fourth-order valence-corrected chi connectivity index (χ4v) is 8.56. The first kappa shape index (κ1) is 71.1. The average Bonchev–Trinajstić information content (AvgIpc) is 3.41. The normalized spacial score (nSPS) is 12.8. The molecular formula is C69H116O6. The van der Waals surface area contributed by atoms with Crippen LogP contribution in [0, 0.1) is 0 Å². The van der Waals surface area contributed by atoms with Crippen LogP contribution in [0.4, 0.5) is 0 Å². The molecule has 1 atom stereocenters. The lowest BCUT2D eigenvalue weighted by Crippen LogP contribution is -2.30. The number of rotatable bonds is 56. The number of allylic oxidation sites excluding steroid dienone is 18. The van der Waals surface area contributed by atoms with Crippen LogP contribution in [0.3, 0.4) is 0 Å². The van der Waals surface area contributed by atoms with Gasteiger partial charge in [0.25, 0.3) is 0 Å². The third-order valence-electron chi connectivity index (χ3n) is 13.3. The Hall–Kier alpha value is -3.93. The molecule has 75 heavy (non-hydrogen) atoms. The van der Waals surface area contributed by atoms with E-state index in [9.17, 15) is 14.4 Å². The Morgan fingerprint density at radius 2 is 0.533 bits per heavy atom. The van der Waals surface area contributed by atoms with E-state index in [0.29, 0.717) is 19.3 Å². The molecule has 0 aromatic heterocycles. The fraction of sp³-hybridized carbons (Fsp3) is 0.696. The third kappa shape index (κ3) is 60.8. The Kier molecular flexibility index (Phi) is 59.3. The summed E-state index contributed by atoms with van der Waals surface area (Å²) in [5.41, 5.74) is 0. The number of hydrogen-bond donors (Lipinski definition) is 0. The molecule has 6 nitrogen and oxygen atoms in total. The van der Waals surface area contributed by atoms with Gasteiger partial charge in [0, 0.05) is 19.3 Å². The summed E-state index contributed by atoms with van der Waals surface area (Å²) < 4.78 is 16.8. The molecule has 0 N–H and O–H groups in total. The summed E-state index contributed by atoms with van der Waals surface area (Å²) in [6, 6.07) is 0. The predicted molar refractivity (Wildman–Crippen MR) is 325 cm³/mol. The van der Waals surface area contributed by atoms with Crippen LogP contribution in [-0.2, 0) is 28.6 Å². The summed E-state index contributed by atoms with van der Waals surface area (Å²) in [5, 5.41) is 0. The zero-order chi connectivity index (χ0) is 54.3. The molecule has 0 fully saturated rings. The number of carbonyl (C=O) groups excluding carboxylic acids is 3. The second-order valence-corrected chi connectivity index (χ2v) is 20.6. The second kappa shape index (κ2) is 62.6. The molecule has 0 saturated carbocycles. The van der Waals surface area contributed by atoms with E-state index in [0.717, 1.165) is 128 Å². The Balaban J connectivity index is 4.07. The first-order valence-corrected chi connectivity index (χ1v) is 31.4. The van der Waals surface area contributed by atoms with E-state index in [1.165, 1.54) is 122 Å². The molecule has 0 aromatic rings. The highest BCUT2D eigenvalue weighted by Crippen LogP contribution is 2.16. The van der Waals surface area contributed by atoms with E-state index < -0.39 is 6.10 Å². The van der Waals surface area contributed by atoms with Crippen molar-refractivity contribution >= 4 is 17.9 Å². The molecule has 0 amide bonds. The van der Waals surface area contributed by atoms with E-state index in [4.69, 9.17) is 14.2 Å². The number of ether oxygens (including phenoxy) is 3. The van der Waals surface area contributed by atoms with Crippen molar-refractivity contribution in [2.24, 2.45) is 0 Å². The maximum atomic E-state index is 12.8. The molecule has 0 radical (unpaired) electrons. The number of hydrogen-bond acceptors (Lipinski definition) is 6. The zero-order valence-corrected chi connectivity index (χ0v) is 49.0. The van der Waals surface area contributed by atoms with Gasteiger partial charge < -0.3 is 14.2 Å². The minimum absolute atomic E-state index is 0.0813.